The fourth-order valence-corrected chi connectivity index (χ4v) is 2.54. The van der Waals surface area contributed by atoms with E-state index < -0.39 is 5.97 Å². The van der Waals surface area contributed by atoms with Gasteiger partial charge < -0.3 is 14.7 Å². The van der Waals surface area contributed by atoms with Crippen molar-refractivity contribution in [3.05, 3.63) is 65.4 Å². The van der Waals surface area contributed by atoms with Gasteiger partial charge in [-0.2, -0.15) is 0 Å². The minimum absolute atomic E-state index is 0.153. The quantitative estimate of drug-likeness (QED) is 0.666. The first-order valence-corrected chi connectivity index (χ1v) is 7.99. The molecule has 3 rings (SSSR count). The average molecular weight is 338 g/mol. The molecular weight excluding hydrogens is 320 g/mol. The van der Waals surface area contributed by atoms with Crippen molar-refractivity contribution < 1.29 is 19.4 Å². The Balaban J connectivity index is 1.70. The van der Waals surface area contributed by atoms with Crippen molar-refractivity contribution in [2.75, 3.05) is 31.2 Å². The lowest BCUT2D eigenvalue weighted by Gasteiger charge is -2.27. The molecule has 0 amide bonds. The maximum absolute atomic E-state index is 12.2. The molecule has 1 aliphatic rings. The molecule has 0 spiro atoms. The van der Waals surface area contributed by atoms with E-state index in [1.165, 1.54) is 30.3 Å². The molecule has 1 fully saturated rings. The Morgan fingerprint density at radius 1 is 1.04 bits per heavy atom. The molecule has 0 unspecified atom stereocenters. The summed E-state index contributed by atoms with van der Waals surface area (Å²) in [6, 6.07) is 11.5. The Morgan fingerprint density at radius 2 is 1.72 bits per heavy atom. The number of aromatic nitrogens is 1. The van der Waals surface area contributed by atoms with Crippen molar-refractivity contribution in [3.8, 4) is 0 Å². The fourth-order valence-electron chi connectivity index (χ4n) is 2.54. The normalized spacial score (nSPS) is 14.6. The Kier molecular flexibility index (Phi) is 5.20. The Labute approximate surface area is 145 Å². The molecule has 1 aromatic carbocycles. The Hall–Kier alpha value is -2.99. The second-order valence-corrected chi connectivity index (χ2v) is 5.60. The van der Waals surface area contributed by atoms with E-state index in [0.29, 0.717) is 24.5 Å². The van der Waals surface area contributed by atoms with E-state index in [1.807, 2.05) is 18.2 Å². The number of carboxylic acid groups (broad SMARTS) is 1. The summed E-state index contributed by atoms with van der Waals surface area (Å²) in [5.74, 6) is -0.349. The number of allylic oxidation sites excluding steroid dienone is 1. The number of carbonyl (C=O) groups excluding carboxylic acids is 1. The maximum atomic E-state index is 12.2. The van der Waals surface area contributed by atoms with Gasteiger partial charge in [-0.1, -0.05) is 18.2 Å². The fraction of sp³-hybridized carbons (Fsp3) is 0.211. The van der Waals surface area contributed by atoms with E-state index in [9.17, 15) is 9.59 Å². The molecule has 2 heterocycles. The standard InChI is InChI=1S/C19H18N2O4/c22-17(14-4-6-15(7-5-14)19(23)24)9-8-16-2-1-3-18(20-16)21-10-12-25-13-11-21/h1-9H,10-13H2,(H,23,24)/b9-8+. The van der Waals surface area contributed by atoms with Crippen LogP contribution in [0.15, 0.2) is 48.5 Å². The molecule has 1 aromatic heterocycles. The molecule has 6 heteroatoms. The highest BCUT2D eigenvalue weighted by Crippen LogP contribution is 2.14. The lowest BCUT2D eigenvalue weighted by atomic mass is 10.1. The number of ketones is 1. The number of morpholine rings is 1. The van der Waals surface area contributed by atoms with Crippen LogP contribution in [0.1, 0.15) is 26.4 Å². The number of rotatable bonds is 5. The first-order valence-electron chi connectivity index (χ1n) is 7.99. The Morgan fingerprint density at radius 3 is 2.40 bits per heavy atom. The van der Waals surface area contributed by atoms with Crippen molar-refractivity contribution in [1.82, 2.24) is 4.98 Å². The van der Waals surface area contributed by atoms with Gasteiger partial charge in [0.05, 0.1) is 24.5 Å². The van der Waals surface area contributed by atoms with Gasteiger partial charge in [0.1, 0.15) is 5.82 Å². The zero-order chi connectivity index (χ0) is 17.6. The van der Waals surface area contributed by atoms with Gasteiger partial charge in [-0.3, -0.25) is 4.79 Å². The number of pyridine rings is 1. The molecule has 0 aliphatic carbocycles. The zero-order valence-electron chi connectivity index (χ0n) is 13.6. The van der Waals surface area contributed by atoms with Crippen LogP contribution in [0.2, 0.25) is 0 Å². The third kappa shape index (κ3) is 4.30. The number of carboxylic acids is 1. The van der Waals surface area contributed by atoms with Gasteiger partial charge in [0, 0.05) is 18.7 Å². The molecule has 0 saturated carbocycles. The zero-order valence-corrected chi connectivity index (χ0v) is 13.6. The maximum Gasteiger partial charge on any atom is 0.335 e. The van der Waals surface area contributed by atoms with E-state index in [0.717, 1.165) is 18.9 Å². The summed E-state index contributed by atoms with van der Waals surface area (Å²) < 4.78 is 5.34. The van der Waals surface area contributed by atoms with Gasteiger partial charge in [0.25, 0.3) is 0 Å². The van der Waals surface area contributed by atoms with Crippen molar-refractivity contribution >= 4 is 23.6 Å². The van der Waals surface area contributed by atoms with E-state index in [1.54, 1.807) is 6.08 Å². The number of ether oxygens (including phenoxy) is 1. The topological polar surface area (TPSA) is 79.7 Å². The van der Waals surface area contributed by atoms with E-state index >= 15 is 0 Å². The summed E-state index contributed by atoms with van der Waals surface area (Å²) in [6.07, 6.45) is 3.11. The minimum Gasteiger partial charge on any atom is -0.478 e. The highest BCUT2D eigenvalue weighted by Gasteiger charge is 2.12. The van der Waals surface area contributed by atoms with Crippen LogP contribution in [0.4, 0.5) is 5.82 Å². The molecule has 1 aliphatic heterocycles. The van der Waals surface area contributed by atoms with Gasteiger partial charge in [0.2, 0.25) is 0 Å². The molecule has 0 bridgehead atoms. The van der Waals surface area contributed by atoms with E-state index in [4.69, 9.17) is 9.84 Å². The number of hydrogen-bond acceptors (Lipinski definition) is 5. The predicted octanol–water partition coefficient (Wildman–Crippen LogP) is 2.51. The first-order chi connectivity index (χ1) is 12.1. The summed E-state index contributed by atoms with van der Waals surface area (Å²) in [4.78, 5) is 29.7. The number of benzene rings is 1. The summed E-state index contributed by atoms with van der Waals surface area (Å²) in [5.41, 5.74) is 1.28. The predicted molar refractivity (Wildman–Crippen MR) is 94.0 cm³/mol. The summed E-state index contributed by atoms with van der Waals surface area (Å²) in [5, 5.41) is 8.88. The number of aromatic carboxylic acids is 1. The first kappa shape index (κ1) is 16.9. The van der Waals surface area contributed by atoms with Crippen LogP contribution in [0.5, 0.6) is 0 Å². The van der Waals surface area contributed by atoms with Gasteiger partial charge in [-0.25, -0.2) is 9.78 Å². The van der Waals surface area contributed by atoms with E-state index in [-0.39, 0.29) is 11.3 Å². The largest absolute Gasteiger partial charge is 0.478 e. The number of hydrogen-bond donors (Lipinski definition) is 1. The molecule has 0 radical (unpaired) electrons. The second kappa shape index (κ2) is 7.72. The van der Waals surface area contributed by atoms with Crippen LogP contribution in [-0.4, -0.2) is 48.1 Å². The molecule has 2 aromatic rings. The number of anilines is 1. The van der Waals surface area contributed by atoms with Crippen LogP contribution >= 0.6 is 0 Å². The van der Waals surface area contributed by atoms with Crippen molar-refractivity contribution in [2.45, 2.75) is 0 Å². The van der Waals surface area contributed by atoms with Crippen LogP contribution in [0, 0.1) is 0 Å². The molecular formula is C19H18N2O4. The van der Waals surface area contributed by atoms with Crippen LogP contribution in [0.25, 0.3) is 6.08 Å². The smallest absolute Gasteiger partial charge is 0.335 e. The summed E-state index contributed by atoms with van der Waals surface area (Å²) >= 11 is 0. The third-order valence-corrected chi connectivity index (χ3v) is 3.91. The number of nitrogens with zero attached hydrogens (tertiary/aromatic N) is 2. The van der Waals surface area contributed by atoms with E-state index in [2.05, 4.69) is 9.88 Å². The lowest BCUT2D eigenvalue weighted by Crippen LogP contribution is -2.36. The van der Waals surface area contributed by atoms with Crippen LogP contribution < -0.4 is 4.90 Å². The number of carbonyl (C=O) groups is 2. The molecule has 128 valence electrons. The highest BCUT2D eigenvalue weighted by atomic mass is 16.5. The average Bonchev–Trinajstić information content (AvgIpc) is 2.67. The highest BCUT2D eigenvalue weighted by molar-refractivity contribution is 6.07. The second-order valence-electron chi connectivity index (χ2n) is 5.60. The van der Waals surface area contributed by atoms with Crippen molar-refractivity contribution in [3.63, 3.8) is 0 Å². The SMILES string of the molecule is O=C(O)c1ccc(C(=O)/C=C/c2cccc(N3CCOCC3)n2)cc1. The summed E-state index contributed by atoms with van der Waals surface area (Å²) in [7, 11) is 0. The molecule has 1 N–H and O–H groups in total. The van der Waals surface area contributed by atoms with Crippen molar-refractivity contribution in [2.24, 2.45) is 0 Å². The van der Waals surface area contributed by atoms with Crippen molar-refractivity contribution in [1.29, 1.82) is 0 Å². The Bertz CT molecular complexity index is 793. The monoisotopic (exact) mass is 338 g/mol. The molecule has 0 atom stereocenters. The minimum atomic E-state index is -1.02. The van der Waals surface area contributed by atoms with Crippen LogP contribution in [-0.2, 0) is 4.74 Å². The lowest BCUT2D eigenvalue weighted by molar-refractivity contribution is 0.0696. The molecule has 1 saturated heterocycles. The third-order valence-electron chi connectivity index (χ3n) is 3.91. The molecule has 25 heavy (non-hydrogen) atoms. The van der Waals surface area contributed by atoms with Gasteiger partial charge in [0.15, 0.2) is 5.78 Å². The van der Waals surface area contributed by atoms with Gasteiger partial charge in [-0.15, -0.1) is 0 Å². The van der Waals surface area contributed by atoms with Gasteiger partial charge in [-0.05, 0) is 36.4 Å². The van der Waals surface area contributed by atoms with Gasteiger partial charge >= 0.3 is 5.97 Å². The summed E-state index contributed by atoms with van der Waals surface area (Å²) in [6.45, 7) is 2.98. The van der Waals surface area contributed by atoms with Crippen LogP contribution in [0.3, 0.4) is 0 Å². The molecule has 6 nitrogen and oxygen atoms in total.